The number of hydrogen-bond acceptors (Lipinski definition) is 3. The van der Waals surface area contributed by atoms with Gasteiger partial charge >= 0.3 is 0 Å². The molecule has 0 amide bonds. The maximum absolute atomic E-state index is 5.21. The molecule has 1 aromatic carbocycles. The molecule has 3 heteroatoms. The van der Waals surface area contributed by atoms with E-state index in [1.54, 1.807) is 7.11 Å². The third kappa shape index (κ3) is 3.97. The standard InChI is InChI=1S/C17H28N2O/c1-14(15-5-7-16(8-6-15)19(2)3)18-13-17(9-10-17)11-12-20-4/h5-8,14,18H,9-13H2,1-4H3. The molecule has 1 aliphatic carbocycles. The highest BCUT2D eigenvalue weighted by molar-refractivity contribution is 5.46. The average molecular weight is 276 g/mol. The summed E-state index contributed by atoms with van der Waals surface area (Å²) in [6.45, 7) is 4.23. The molecule has 20 heavy (non-hydrogen) atoms. The quantitative estimate of drug-likeness (QED) is 0.789. The van der Waals surface area contributed by atoms with Gasteiger partial charge in [-0.15, -0.1) is 0 Å². The van der Waals surface area contributed by atoms with E-state index >= 15 is 0 Å². The first kappa shape index (κ1) is 15.3. The summed E-state index contributed by atoms with van der Waals surface area (Å²) in [5.41, 5.74) is 3.12. The first-order valence-corrected chi connectivity index (χ1v) is 7.56. The molecule has 0 saturated heterocycles. The molecule has 1 saturated carbocycles. The molecule has 1 atom stereocenters. The lowest BCUT2D eigenvalue weighted by Gasteiger charge is -2.21. The fraction of sp³-hybridized carbons (Fsp3) is 0.647. The second kappa shape index (κ2) is 6.59. The highest BCUT2D eigenvalue weighted by Gasteiger charge is 2.41. The van der Waals surface area contributed by atoms with Gasteiger partial charge in [-0.05, 0) is 49.3 Å². The predicted octanol–water partition coefficient (Wildman–Crippen LogP) is 3.22. The maximum atomic E-state index is 5.21. The van der Waals surface area contributed by atoms with Crippen LogP contribution in [-0.4, -0.2) is 34.4 Å². The Labute approximate surface area is 123 Å². The molecule has 112 valence electrons. The molecule has 0 bridgehead atoms. The van der Waals surface area contributed by atoms with E-state index in [1.165, 1.54) is 30.5 Å². The molecule has 1 aromatic rings. The zero-order valence-electron chi connectivity index (χ0n) is 13.3. The van der Waals surface area contributed by atoms with Crippen LogP contribution in [0.5, 0.6) is 0 Å². The topological polar surface area (TPSA) is 24.5 Å². The van der Waals surface area contributed by atoms with Crippen LogP contribution in [0, 0.1) is 5.41 Å². The molecule has 3 nitrogen and oxygen atoms in total. The van der Waals surface area contributed by atoms with E-state index in [-0.39, 0.29) is 0 Å². The Morgan fingerprint density at radius 3 is 2.40 bits per heavy atom. The van der Waals surface area contributed by atoms with Crippen LogP contribution in [0.1, 0.15) is 37.8 Å². The summed E-state index contributed by atoms with van der Waals surface area (Å²) in [6, 6.07) is 9.23. The van der Waals surface area contributed by atoms with Crippen LogP contribution < -0.4 is 10.2 Å². The largest absolute Gasteiger partial charge is 0.385 e. The molecule has 1 N–H and O–H groups in total. The molecular weight excluding hydrogens is 248 g/mol. The Balaban J connectivity index is 1.84. The van der Waals surface area contributed by atoms with Crippen molar-refractivity contribution in [2.75, 3.05) is 39.3 Å². The third-order valence-corrected chi connectivity index (χ3v) is 4.49. The van der Waals surface area contributed by atoms with Crippen LogP contribution in [0.4, 0.5) is 5.69 Å². The van der Waals surface area contributed by atoms with Crippen molar-refractivity contribution in [1.29, 1.82) is 0 Å². The maximum Gasteiger partial charge on any atom is 0.0468 e. The van der Waals surface area contributed by atoms with Gasteiger partial charge in [0.05, 0.1) is 0 Å². The Bertz CT molecular complexity index is 410. The summed E-state index contributed by atoms with van der Waals surface area (Å²) < 4.78 is 5.21. The van der Waals surface area contributed by atoms with E-state index in [2.05, 4.69) is 55.5 Å². The Morgan fingerprint density at radius 1 is 1.25 bits per heavy atom. The monoisotopic (exact) mass is 276 g/mol. The fourth-order valence-electron chi connectivity index (χ4n) is 2.56. The van der Waals surface area contributed by atoms with E-state index < -0.39 is 0 Å². The number of anilines is 1. The Hall–Kier alpha value is -1.06. The number of hydrogen-bond donors (Lipinski definition) is 1. The first-order chi connectivity index (χ1) is 9.56. The van der Waals surface area contributed by atoms with E-state index in [0.717, 1.165) is 13.2 Å². The van der Waals surface area contributed by atoms with Crippen LogP contribution in [0.2, 0.25) is 0 Å². The summed E-state index contributed by atoms with van der Waals surface area (Å²) in [5.74, 6) is 0. The van der Waals surface area contributed by atoms with Gasteiger partial charge in [-0.3, -0.25) is 0 Å². The molecule has 0 spiro atoms. The number of nitrogens with one attached hydrogen (secondary N) is 1. The van der Waals surface area contributed by atoms with Crippen molar-refractivity contribution < 1.29 is 4.74 Å². The minimum atomic E-state index is 0.409. The smallest absolute Gasteiger partial charge is 0.0468 e. The van der Waals surface area contributed by atoms with Gasteiger partial charge in [0.2, 0.25) is 0 Å². The van der Waals surface area contributed by atoms with Crippen molar-refractivity contribution in [3.63, 3.8) is 0 Å². The molecule has 0 heterocycles. The first-order valence-electron chi connectivity index (χ1n) is 7.56. The molecule has 1 unspecified atom stereocenters. The van der Waals surface area contributed by atoms with Gasteiger partial charge in [-0.1, -0.05) is 12.1 Å². The van der Waals surface area contributed by atoms with E-state index in [9.17, 15) is 0 Å². The van der Waals surface area contributed by atoms with Crippen molar-refractivity contribution in [1.82, 2.24) is 5.32 Å². The van der Waals surface area contributed by atoms with Crippen molar-refractivity contribution in [2.24, 2.45) is 5.41 Å². The summed E-state index contributed by atoms with van der Waals surface area (Å²) in [4.78, 5) is 2.13. The molecule has 2 rings (SSSR count). The molecular formula is C17H28N2O. The highest BCUT2D eigenvalue weighted by Crippen LogP contribution is 2.48. The Morgan fingerprint density at radius 2 is 1.90 bits per heavy atom. The van der Waals surface area contributed by atoms with Crippen LogP contribution in [-0.2, 0) is 4.74 Å². The second-order valence-corrected chi connectivity index (χ2v) is 6.33. The van der Waals surface area contributed by atoms with E-state index in [1.807, 2.05) is 0 Å². The predicted molar refractivity (Wildman–Crippen MR) is 85.3 cm³/mol. The average Bonchev–Trinajstić information content (AvgIpc) is 3.23. The summed E-state index contributed by atoms with van der Waals surface area (Å²) in [5, 5.41) is 3.69. The second-order valence-electron chi connectivity index (χ2n) is 6.33. The SMILES string of the molecule is COCCC1(CNC(C)c2ccc(N(C)C)cc2)CC1. The molecule has 0 aromatic heterocycles. The fourth-order valence-corrected chi connectivity index (χ4v) is 2.56. The lowest BCUT2D eigenvalue weighted by Crippen LogP contribution is -2.27. The van der Waals surface area contributed by atoms with Crippen molar-refractivity contribution in [3.05, 3.63) is 29.8 Å². The zero-order valence-corrected chi connectivity index (χ0v) is 13.3. The van der Waals surface area contributed by atoms with Gasteiger partial charge in [-0.2, -0.15) is 0 Å². The number of methoxy groups -OCH3 is 1. The van der Waals surface area contributed by atoms with Crippen LogP contribution in [0.3, 0.4) is 0 Å². The molecule has 0 radical (unpaired) electrons. The van der Waals surface area contributed by atoms with Crippen LogP contribution in [0.15, 0.2) is 24.3 Å². The lowest BCUT2D eigenvalue weighted by molar-refractivity contribution is 0.170. The lowest BCUT2D eigenvalue weighted by atomic mass is 10.0. The summed E-state index contributed by atoms with van der Waals surface area (Å²) in [7, 11) is 5.94. The van der Waals surface area contributed by atoms with Crippen LogP contribution >= 0.6 is 0 Å². The molecule has 1 aliphatic rings. The third-order valence-electron chi connectivity index (χ3n) is 4.49. The van der Waals surface area contributed by atoms with Gasteiger partial charge in [0.25, 0.3) is 0 Å². The van der Waals surface area contributed by atoms with Crippen molar-refractivity contribution >= 4 is 5.69 Å². The number of rotatable bonds is 8. The van der Waals surface area contributed by atoms with Gasteiger partial charge < -0.3 is 15.0 Å². The van der Waals surface area contributed by atoms with E-state index in [0.29, 0.717) is 11.5 Å². The molecule has 1 fully saturated rings. The summed E-state index contributed by atoms with van der Waals surface area (Å²) in [6.07, 6.45) is 3.87. The van der Waals surface area contributed by atoms with E-state index in [4.69, 9.17) is 4.74 Å². The minimum Gasteiger partial charge on any atom is -0.385 e. The van der Waals surface area contributed by atoms with Gasteiger partial charge in [0, 0.05) is 46.1 Å². The summed E-state index contributed by atoms with van der Waals surface area (Å²) >= 11 is 0. The number of nitrogens with zero attached hydrogens (tertiary/aromatic N) is 1. The van der Waals surface area contributed by atoms with Crippen LogP contribution in [0.25, 0.3) is 0 Å². The van der Waals surface area contributed by atoms with Gasteiger partial charge in [0.15, 0.2) is 0 Å². The Kier molecular flexibility index (Phi) is 5.06. The minimum absolute atomic E-state index is 0.409. The van der Waals surface area contributed by atoms with Crippen molar-refractivity contribution in [3.8, 4) is 0 Å². The molecule has 0 aliphatic heterocycles. The van der Waals surface area contributed by atoms with Crippen molar-refractivity contribution in [2.45, 2.75) is 32.2 Å². The zero-order chi connectivity index (χ0) is 14.6. The van der Waals surface area contributed by atoms with Gasteiger partial charge in [-0.25, -0.2) is 0 Å². The number of ether oxygens (including phenoxy) is 1. The van der Waals surface area contributed by atoms with Gasteiger partial charge in [0.1, 0.15) is 0 Å². The number of benzene rings is 1. The highest BCUT2D eigenvalue weighted by atomic mass is 16.5. The normalized spacial score (nSPS) is 17.8.